The van der Waals surface area contributed by atoms with Gasteiger partial charge in [-0.05, 0) is 38.5 Å². The molecule has 78 valence electrons. The molecular weight excluding hydrogens is 191 g/mol. The van der Waals surface area contributed by atoms with Crippen molar-refractivity contribution in [2.24, 2.45) is 10.8 Å². The Kier molecular flexibility index (Phi) is 1.86. The molecule has 3 saturated carbocycles. The molecule has 0 unspecified atom stereocenters. The summed E-state index contributed by atoms with van der Waals surface area (Å²) in [5.41, 5.74) is -1.88. The zero-order valence-corrected chi connectivity index (χ0v) is 7.82. The van der Waals surface area contributed by atoms with Crippen LogP contribution in [-0.4, -0.2) is 6.18 Å². The Labute approximate surface area is 80.9 Å². The van der Waals surface area contributed by atoms with E-state index in [1.54, 1.807) is 0 Å². The summed E-state index contributed by atoms with van der Waals surface area (Å²) in [6.07, 6.45) is -2.30. The minimum absolute atomic E-state index is 0.157. The molecule has 0 aromatic carbocycles. The first-order valence-electron chi connectivity index (χ1n) is 4.91. The van der Waals surface area contributed by atoms with E-state index in [9.17, 15) is 13.2 Å². The topological polar surface area (TPSA) is 23.8 Å². The summed E-state index contributed by atoms with van der Waals surface area (Å²) in [5, 5.41) is 8.92. The van der Waals surface area contributed by atoms with E-state index in [0.717, 1.165) is 0 Å². The lowest BCUT2D eigenvalue weighted by Gasteiger charge is -2.50. The van der Waals surface area contributed by atoms with Crippen molar-refractivity contribution in [1.82, 2.24) is 0 Å². The summed E-state index contributed by atoms with van der Waals surface area (Å²) in [7, 11) is 0. The van der Waals surface area contributed by atoms with Gasteiger partial charge in [-0.1, -0.05) is 0 Å². The molecule has 4 heteroatoms. The van der Waals surface area contributed by atoms with E-state index in [-0.39, 0.29) is 19.3 Å². The Bertz CT molecular complexity index is 262. The molecule has 0 saturated heterocycles. The van der Waals surface area contributed by atoms with Crippen molar-refractivity contribution in [3.63, 3.8) is 0 Å². The van der Waals surface area contributed by atoms with Crippen molar-refractivity contribution in [1.29, 1.82) is 5.26 Å². The van der Waals surface area contributed by atoms with Crippen LogP contribution in [0.25, 0.3) is 0 Å². The molecule has 0 atom stereocenters. The van der Waals surface area contributed by atoms with Crippen molar-refractivity contribution in [2.45, 2.75) is 44.7 Å². The van der Waals surface area contributed by atoms with Crippen LogP contribution in [0.4, 0.5) is 13.2 Å². The summed E-state index contributed by atoms with van der Waals surface area (Å²) in [4.78, 5) is 0. The molecule has 1 nitrogen and oxygen atoms in total. The SMILES string of the molecule is N#CC12CCC(C(F)(F)F)(CC1)CC2. The fourth-order valence-electron chi connectivity index (χ4n) is 2.78. The lowest BCUT2D eigenvalue weighted by Crippen LogP contribution is -2.48. The van der Waals surface area contributed by atoms with Gasteiger partial charge in [-0.15, -0.1) is 0 Å². The van der Waals surface area contributed by atoms with E-state index < -0.39 is 17.0 Å². The molecule has 0 aromatic rings. The summed E-state index contributed by atoms with van der Waals surface area (Å²) in [6.45, 7) is 0. The third-order valence-electron chi connectivity index (χ3n) is 4.08. The van der Waals surface area contributed by atoms with Gasteiger partial charge < -0.3 is 0 Å². The second-order valence-corrected chi connectivity index (χ2v) is 4.67. The predicted octanol–water partition coefficient (Wildman–Crippen LogP) is 3.41. The minimum atomic E-state index is -4.07. The lowest BCUT2D eigenvalue weighted by atomic mass is 9.54. The van der Waals surface area contributed by atoms with E-state index in [4.69, 9.17) is 5.26 Å². The Balaban J connectivity index is 2.22. The highest BCUT2D eigenvalue weighted by molar-refractivity contribution is 5.10. The zero-order chi connectivity index (χ0) is 10.4. The fraction of sp³-hybridized carbons (Fsp3) is 0.900. The number of alkyl halides is 3. The molecule has 14 heavy (non-hydrogen) atoms. The highest BCUT2D eigenvalue weighted by Crippen LogP contribution is 2.62. The second-order valence-electron chi connectivity index (χ2n) is 4.67. The van der Waals surface area contributed by atoms with Gasteiger partial charge in [0.05, 0.1) is 16.9 Å². The van der Waals surface area contributed by atoms with Crippen LogP contribution in [0.3, 0.4) is 0 Å². The second kappa shape index (κ2) is 2.65. The molecule has 3 rings (SSSR count). The quantitative estimate of drug-likeness (QED) is 0.591. The first-order chi connectivity index (χ1) is 6.43. The maximum Gasteiger partial charge on any atom is 0.394 e. The largest absolute Gasteiger partial charge is 0.394 e. The molecule has 0 aromatic heterocycles. The van der Waals surface area contributed by atoms with E-state index >= 15 is 0 Å². The minimum Gasteiger partial charge on any atom is -0.198 e. The van der Waals surface area contributed by atoms with Crippen LogP contribution >= 0.6 is 0 Å². The van der Waals surface area contributed by atoms with Crippen LogP contribution < -0.4 is 0 Å². The van der Waals surface area contributed by atoms with Crippen LogP contribution in [0.1, 0.15) is 38.5 Å². The molecule has 3 aliphatic rings. The molecule has 3 aliphatic carbocycles. The summed E-state index contributed by atoms with van der Waals surface area (Å²) >= 11 is 0. The van der Waals surface area contributed by atoms with Crippen molar-refractivity contribution in [3.8, 4) is 6.07 Å². The molecule has 0 aliphatic heterocycles. The van der Waals surface area contributed by atoms with Gasteiger partial charge in [-0.25, -0.2) is 0 Å². The molecule has 3 fully saturated rings. The molecule has 0 spiro atoms. The van der Waals surface area contributed by atoms with Gasteiger partial charge >= 0.3 is 6.18 Å². The van der Waals surface area contributed by atoms with Crippen molar-refractivity contribution in [3.05, 3.63) is 0 Å². The molecule has 2 bridgehead atoms. The van der Waals surface area contributed by atoms with Gasteiger partial charge in [-0.2, -0.15) is 18.4 Å². The number of hydrogen-bond donors (Lipinski definition) is 0. The van der Waals surface area contributed by atoms with E-state index in [1.165, 1.54) is 0 Å². The van der Waals surface area contributed by atoms with Crippen molar-refractivity contribution < 1.29 is 13.2 Å². The fourth-order valence-corrected chi connectivity index (χ4v) is 2.78. The Morgan fingerprint density at radius 3 is 1.64 bits per heavy atom. The van der Waals surface area contributed by atoms with Gasteiger partial charge in [0.25, 0.3) is 0 Å². The third kappa shape index (κ3) is 1.14. The third-order valence-corrected chi connectivity index (χ3v) is 4.08. The summed E-state index contributed by atoms with van der Waals surface area (Å²) in [5.74, 6) is 0. The maximum absolute atomic E-state index is 12.8. The number of nitrogens with zero attached hydrogens (tertiary/aromatic N) is 1. The normalized spacial score (nSPS) is 42.1. The number of hydrogen-bond acceptors (Lipinski definition) is 1. The van der Waals surface area contributed by atoms with Gasteiger partial charge in [0.2, 0.25) is 0 Å². The number of rotatable bonds is 0. The monoisotopic (exact) mass is 203 g/mol. The van der Waals surface area contributed by atoms with E-state index in [2.05, 4.69) is 6.07 Å². The van der Waals surface area contributed by atoms with Crippen molar-refractivity contribution in [2.75, 3.05) is 0 Å². The highest BCUT2D eigenvalue weighted by Gasteiger charge is 2.61. The molecule has 0 N–H and O–H groups in total. The van der Waals surface area contributed by atoms with Crippen LogP contribution in [0.15, 0.2) is 0 Å². The van der Waals surface area contributed by atoms with Crippen LogP contribution in [0.5, 0.6) is 0 Å². The maximum atomic E-state index is 12.8. The van der Waals surface area contributed by atoms with Crippen LogP contribution in [-0.2, 0) is 0 Å². The summed E-state index contributed by atoms with van der Waals surface area (Å²) in [6, 6.07) is 2.21. The summed E-state index contributed by atoms with van der Waals surface area (Å²) < 4.78 is 38.3. The Morgan fingerprint density at radius 2 is 1.36 bits per heavy atom. The highest BCUT2D eigenvalue weighted by atomic mass is 19.4. The molecular formula is C10H12F3N. The molecule has 0 amide bonds. The lowest BCUT2D eigenvalue weighted by molar-refractivity contribution is -0.255. The Hall–Kier alpha value is -0.720. The number of nitriles is 1. The average molecular weight is 203 g/mol. The van der Waals surface area contributed by atoms with Gasteiger partial charge in [0, 0.05) is 0 Å². The standard InChI is InChI=1S/C10H12F3N/c11-10(12,13)9-4-1-8(7-14,2-5-9)3-6-9/h1-6H2. The molecule has 0 radical (unpaired) electrons. The van der Waals surface area contributed by atoms with Gasteiger partial charge in [-0.3, -0.25) is 0 Å². The predicted molar refractivity (Wildman–Crippen MR) is 44.2 cm³/mol. The van der Waals surface area contributed by atoms with Gasteiger partial charge in [0.15, 0.2) is 0 Å². The van der Waals surface area contributed by atoms with E-state index in [1.807, 2.05) is 0 Å². The zero-order valence-electron chi connectivity index (χ0n) is 7.82. The van der Waals surface area contributed by atoms with Crippen molar-refractivity contribution >= 4 is 0 Å². The number of halogens is 3. The van der Waals surface area contributed by atoms with Gasteiger partial charge in [0.1, 0.15) is 0 Å². The van der Waals surface area contributed by atoms with Crippen LogP contribution in [0.2, 0.25) is 0 Å². The smallest absolute Gasteiger partial charge is 0.198 e. The van der Waals surface area contributed by atoms with E-state index in [0.29, 0.717) is 19.3 Å². The first kappa shape index (κ1) is 9.82. The Morgan fingerprint density at radius 1 is 0.929 bits per heavy atom. The first-order valence-corrected chi connectivity index (χ1v) is 4.91. The average Bonchev–Trinajstić information content (AvgIpc) is 2.19. The number of fused-ring (bicyclic) bond motifs is 3. The molecule has 0 heterocycles. The van der Waals surface area contributed by atoms with Crippen LogP contribution in [0, 0.1) is 22.2 Å².